The zero-order chi connectivity index (χ0) is 18.2. The second kappa shape index (κ2) is 8.19. The number of allylic oxidation sites excluding steroid dienone is 1. The van der Waals surface area contributed by atoms with Gasteiger partial charge >= 0.3 is 0 Å². The molecule has 0 aliphatic heterocycles. The van der Waals surface area contributed by atoms with Crippen LogP contribution in [0.15, 0.2) is 42.5 Å². The molecule has 0 amide bonds. The highest BCUT2D eigenvalue weighted by Gasteiger charge is 2.09. The van der Waals surface area contributed by atoms with Crippen LogP contribution in [0.1, 0.15) is 11.1 Å². The lowest BCUT2D eigenvalue weighted by atomic mass is 10.0. The first-order valence-corrected chi connectivity index (χ1v) is 7.20. The molecule has 6 heteroatoms. The predicted octanol–water partition coefficient (Wildman–Crippen LogP) is 3.68. The Hall–Kier alpha value is -3.77. The lowest BCUT2D eigenvalue weighted by Crippen LogP contribution is -1.96. The molecule has 0 aliphatic carbocycles. The maximum Gasteiger partial charge on any atom is 0.269 e. The van der Waals surface area contributed by atoms with E-state index in [1.165, 1.54) is 31.4 Å². The van der Waals surface area contributed by atoms with E-state index in [4.69, 9.17) is 15.9 Å². The van der Waals surface area contributed by atoms with Gasteiger partial charge in [0, 0.05) is 17.7 Å². The van der Waals surface area contributed by atoms with Gasteiger partial charge in [0.1, 0.15) is 18.1 Å². The van der Waals surface area contributed by atoms with Gasteiger partial charge < -0.3 is 9.47 Å². The molecule has 0 unspecified atom stereocenters. The minimum atomic E-state index is -0.493. The van der Waals surface area contributed by atoms with Crippen LogP contribution in [0, 0.1) is 33.8 Å². The van der Waals surface area contributed by atoms with Gasteiger partial charge in [0.2, 0.25) is 0 Å². The van der Waals surface area contributed by atoms with E-state index in [-0.39, 0.29) is 12.3 Å². The molecular weight excluding hydrogens is 320 g/mol. The molecule has 0 bridgehead atoms. The number of nitro benzene ring substituents is 1. The molecule has 25 heavy (non-hydrogen) atoms. The molecule has 0 heterocycles. The summed E-state index contributed by atoms with van der Waals surface area (Å²) in [4.78, 5) is 10.2. The van der Waals surface area contributed by atoms with Gasteiger partial charge in [-0.2, -0.15) is 5.26 Å². The van der Waals surface area contributed by atoms with Gasteiger partial charge in [-0.1, -0.05) is 5.92 Å². The van der Waals surface area contributed by atoms with Crippen molar-refractivity contribution in [2.45, 2.75) is 0 Å². The van der Waals surface area contributed by atoms with Crippen molar-refractivity contribution in [2.75, 3.05) is 13.7 Å². The van der Waals surface area contributed by atoms with Crippen LogP contribution < -0.4 is 9.47 Å². The number of benzene rings is 2. The first kappa shape index (κ1) is 17.6. The minimum absolute atomic E-state index is 0.0412. The molecule has 0 radical (unpaired) electrons. The Balaban J connectivity index is 2.46. The molecule has 124 valence electrons. The summed E-state index contributed by atoms with van der Waals surface area (Å²) in [6.45, 7) is 0.0899. The SMILES string of the molecule is C#CCOc1ccc(OC)cc1/C=C(/C#N)c1ccc([N+](=O)[O-])cc1. The average Bonchev–Trinajstić information content (AvgIpc) is 2.64. The number of non-ortho nitro benzene ring substituents is 1. The van der Waals surface area contributed by atoms with Crippen molar-refractivity contribution < 1.29 is 14.4 Å². The Labute approximate surface area is 145 Å². The van der Waals surface area contributed by atoms with Gasteiger partial charge in [-0.25, -0.2) is 0 Å². The summed E-state index contributed by atoms with van der Waals surface area (Å²) in [5, 5.41) is 20.2. The van der Waals surface area contributed by atoms with E-state index < -0.39 is 4.92 Å². The Bertz CT molecular complexity index is 887. The first-order valence-electron chi connectivity index (χ1n) is 7.20. The number of rotatable bonds is 6. The standard InChI is InChI=1S/C19H14N2O4/c1-3-10-25-19-9-8-18(24-2)12-15(19)11-16(13-20)14-4-6-17(7-5-14)21(22)23/h1,4-9,11-12H,10H2,2H3/b16-11-. The molecule has 0 N–H and O–H groups in total. The second-order valence-electron chi connectivity index (χ2n) is 4.87. The Morgan fingerprint density at radius 1 is 1.32 bits per heavy atom. The lowest BCUT2D eigenvalue weighted by Gasteiger charge is -2.09. The van der Waals surface area contributed by atoms with E-state index >= 15 is 0 Å². The maximum absolute atomic E-state index is 10.7. The Morgan fingerprint density at radius 3 is 2.60 bits per heavy atom. The summed E-state index contributed by atoms with van der Waals surface area (Å²) in [6.07, 6.45) is 6.84. The number of nitrogens with zero attached hydrogens (tertiary/aromatic N) is 2. The van der Waals surface area contributed by atoms with Crippen molar-refractivity contribution in [3.8, 4) is 29.9 Å². The number of ether oxygens (including phenoxy) is 2. The van der Waals surface area contributed by atoms with Crippen LogP contribution in [-0.2, 0) is 0 Å². The molecule has 0 saturated heterocycles. The van der Waals surface area contributed by atoms with Crippen LogP contribution in [-0.4, -0.2) is 18.6 Å². The van der Waals surface area contributed by atoms with E-state index in [0.717, 1.165) is 0 Å². The molecule has 2 aromatic rings. The molecule has 0 fully saturated rings. The van der Waals surface area contributed by atoms with Crippen molar-refractivity contribution in [1.29, 1.82) is 5.26 Å². The van der Waals surface area contributed by atoms with Gasteiger partial charge in [0.15, 0.2) is 0 Å². The van der Waals surface area contributed by atoms with Crippen LogP contribution in [0.25, 0.3) is 11.6 Å². The smallest absolute Gasteiger partial charge is 0.269 e. The zero-order valence-corrected chi connectivity index (χ0v) is 13.4. The summed E-state index contributed by atoms with van der Waals surface area (Å²) >= 11 is 0. The topological polar surface area (TPSA) is 85.4 Å². The van der Waals surface area contributed by atoms with Crippen LogP contribution >= 0.6 is 0 Å². The summed E-state index contributed by atoms with van der Waals surface area (Å²) < 4.78 is 10.7. The van der Waals surface area contributed by atoms with Crippen LogP contribution in [0.4, 0.5) is 5.69 Å². The van der Waals surface area contributed by atoms with Gasteiger partial charge in [0.25, 0.3) is 5.69 Å². The molecule has 2 rings (SSSR count). The van der Waals surface area contributed by atoms with Crippen molar-refractivity contribution in [3.05, 3.63) is 63.7 Å². The summed E-state index contributed by atoms with van der Waals surface area (Å²) in [5.74, 6) is 3.49. The molecule has 0 saturated carbocycles. The highest BCUT2D eigenvalue weighted by atomic mass is 16.6. The van der Waals surface area contributed by atoms with Gasteiger partial charge in [-0.05, 0) is 42.0 Å². The summed E-state index contributed by atoms with van der Waals surface area (Å²) in [6, 6.07) is 13.0. The molecule has 6 nitrogen and oxygen atoms in total. The van der Waals surface area contributed by atoms with Crippen LogP contribution in [0.3, 0.4) is 0 Å². The number of methoxy groups -OCH3 is 1. The Morgan fingerprint density at radius 2 is 2.04 bits per heavy atom. The van der Waals surface area contributed by atoms with E-state index in [9.17, 15) is 15.4 Å². The molecule has 2 aromatic carbocycles. The van der Waals surface area contributed by atoms with E-state index in [1.807, 2.05) is 0 Å². The summed E-state index contributed by atoms with van der Waals surface area (Å²) in [5.41, 5.74) is 1.46. The predicted molar refractivity (Wildman–Crippen MR) is 93.9 cm³/mol. The highest BCUT2D eigenvalue weighted by molar-refractivity contribution is 5.91. The van der Waals surface area contributed by atoms with Gasteiger partial charge in [-0.3, -0.25) is 10.1 Å². The third-order valence-corrected chi connectivity index (χ3v) is 3.34. The molecule has 0 atom stereocenters. The fourth-order valence-electron chi connectivity index (χ4n) is 2.12. The lowest BCUT2D eigenvalue weighted by molar-refractivity contribution is -0.384. The van der Waals surface area contributed by atoms with E-state index in [1.54, 1.807) is 24.3 Å². The zero-order valence-electron chi connectivity index (χ0n) is 13.4. The molecule has 0 aliphatic rings. The number of hydrogen-bond acceptors (Lipinski definition) is 5. The quantitative estimate of drug-likeness (QED) is 0.264. The average molecular weight is 334 g/mol. The van der Waals surface area contributed by atoms with Crippen molar-refractivity contribution in [2.24, 2.45) is 0 Å². The van der Waals surface area contributed by atoms with Gasteiger partial charge in [0.05, 0.1) is 23.7 Å². The van der Waals surface area contributed by atoms with Gasteiger partial charge in [-0.15, -0.1) is 6.42 Å². The molecule has 0 aromatic heterocycles. The first-order chi connectivity index (χ1) is 12.1. The van der Waals surface area contributed by atoms with Crippen LogP contribution in [0.2, 0.25) is 0 Å². The monoisotopic (exact) mass is 334 g/mol. The second-order valence-corrected chi connectivity index (χ2v) is 4.87. The minimum Gasteiger partial charge on any atom is -0.497 e. The van der Waals surface area contributed by atoms with Crippen molar-refractivity contribution >= 4 is 17.3 Å². The van der Waals surface area contributed by atoms with Crippen molar-refractivity contribution in [1.82, 2.24) is 0 Å². The third kappa shape index (κ3) is 4.37. The number of terminal acetylenes is 1. The van der Waals surface area contributed by atoms with E-state index in [2.05, 4.69) is 12.0 Å². The van der Waals surface area contributed by atoms with E-state index in [0.29, 0.717) is 28.2 Å². The Kier molecular flexibility index (Phi) is 5.76. The molecular formula is C19H14N2O4. The normalized spacial score (nSPS) is 10.4. The number of nitriles is 1. The fraction of sp³-hybridized carbons (Fsp3) is 0.105. The molecule has 0 spiro atoms. The maximum atomic E-state index is 10.7. The number of nitro groups is 1. The fourth-order valence-corrected chi connectivity index (χ4v) is 2.12. The number of hydrogen-bond donors (Lipinski definition) is 0. The van der Waals surface area contributed by atoms with Crippen LogP contribution in [0.5, 0.6) is 11.5 Å². The third-order valence-electron chi connectivity index (χ3n) is 3.34. The summed E-state index contributed by atoms with van der Waals surface area (Å²) in [7, 11) is 1.53. The van der Waals surface area contributed by atoms with Crippen molar-refractivity contribution in [3.63, 3.8) is 0 Å². The largest absolute Gasteiger partial charge is 0.497 e. The highest BCUT2D eigenvalue weighted by Crippen LogP contribution is 2.29.